The molecule has 0 unspecified atom stereocenters. The predicted molar refractivity (Wildman–Crippen MR) is 84.5 cm³/mol. The van der Waals surface area contributed by atoms with Gasteiger partial charge in [-0.25, -0.2) is 22.8 Å². The number of hydrogen-bond acceptors (Lipinski definition) is 4. The summed E-state index contributed by atoms with van der Waals surface area (Å²) in [7, 11) is 0. The minimum atomic E-state index is -2.38. The van der Waals surface area contributed by atoms with Crippen LogP contribution in [0.5, 0.6) is 5.75 Å². The first kappa shape index (κ1) is 22.7. The highest BCUT2D eigenvalue weighted by atomic mass is 19.2. The lowest BCUT2D eigenvalue weighted by atomic mass is 10.1. The number of alkyl carbamates (subject to hydrolysis) is 1. The van der Waals surface area contributed by atoms with Gasteiger partial charge in [0.15, 0.2) is 0 Å². The molecule has 0 aliphatic carbocycles. The summed E-state index contributed by atoms with van der Waals surface area (Å²) in [5.41, 5.74) is -0.884. The van der Waals surface area contributed by atoms with Crippen LogP contribution in [0.25, 0.3) is 0 Å². The smallest absolute Gasteiger partial charge is 0.408 e. The van der Waals surface area contributed by atoms with Crippen molar-refractivity contribution in [2.75, 3.05) is 0 Å². The van der Waals surface area contributed by atoms with Crippen molar-refractivity contribution in [2.24, 2.45) is 0 Å². The van der Waals surface area contributed by atoms with Crippen LogP contribution in [0.15, 0.2) is 0 Å². The first-order valence-electron chi connectivity index (χ1n) is 8.11. The van der Waals surface area contributed by atoms with Gasteiger partial charge in [-0.2, -0.15) is 8.78 Å². The number of halogens is 5. The molecule has 0 saturated heterocycles. The Hall–Kier alpha value is -2.39. The van der Waals surface area contributed by atoms with E-state index < -0.39 is 58.5 Å². The molecule has 0 aliphatic rings. The average molecular weight is 397 g/mol. The number of carbonyl (C=O) groups is 2. The molecule has 1 N–H and O–H groups in total. The topological polar surface area (TPSA) is 64.6 Å². The van der Waals surface area contributed by atoms with Crippen LogP contribution in [0.4, 0.5) is 26.7 Å². The highest BCUT2D eigenvalue weighted by molar-refractivity contribution is 5.83. The van der Waals surface area contributed by atoms with E-state index >= 15 is 0 Å². The van der Waals surface area contributed by atoms with Gasteiger partial charge >= 0.3 is 12.1 Å². The normalized spacial score (nSPS) is 12.5. The van der Waals surface area contributed by atoms with E-state index in [2.05, 4.69) is 10.1 Å². The maximum Gasteiger partial charge on any atom is 0.408 e. The van der Waals surface area contributed by atoms with E-state index in [9.17, 15) is 31.5 Å². The molecule has 0 bridgehead atoms. The molecule has 10 heteroatoms. The van der Waals surface area contributed by atoms with E-state index in [0.29, 0.717) is 12.8 Å². The van der Waals surface area contributed by atoms with Gasteiger partial charge in [0, 0.05) is 0 Å². The van der Waals surface area contributed by atoms with Gasteiger partial charge in [-0.15, -0.1) is 0 Å². The van der Waals surface area contributed by atoms with Crippen molar-refractivity contribution in [1.29, 1.82) is 0 Å². The molecular weight excluding hydrogens is 377 g/mol. The lowest BCUT2D eigenvalue weighted by Crippen LogP contribution is -2.45. The highest BCUT2D eigenvalue weighted by Gasteiger charge is 2.31. The van der Waals surface area contributed by atoms with Crippen LogP contribution in [0, 0.1) is 29.1 Å². The van der Waals surface area contributed by atoms with E-state index in [4.69, 9.17) is 4.74 Å². The van der Waals surface area contributed by atoms with Crippen LogP contribution in [-0.4, -0.2) is 23.7 Å². The average Bonchev–Trinajstić information content (AvgIpc) is 2.57. The number of ether oxygens (including phenoxy) is 2. The Balaban J connectivity index is 3.06. The zero-order chi connectivity index (χ0) is 20.9. The fourth-order valence-electron chi connectivity index (χ4n) is 1.95. The van der Waals surface area contributed by atoms with Crippen molar-refractivity contribution in [3.63, 3.8) is 0 Å². The number of rotatable bonds is 6. The standard InChI is InChI=1S/C17H20F5NO4/c1-5-6-7-8(23-16(25)27-17(2,3)4)15(24)26-14-12(21)10(19)9(18)11(20)13(14)22/h8H,5-7H2,1-4H3,(H,23,25)/t8-/m0/s1. The molecule has 0 radical (unpaired) electrons. The molecule has 0 aromatic heterocycles. The van der Waals surface area contributed by atoms with Crippen molar-refractivity contribution in [1.82, 2.24) is 5.32 Å². The van der Waals surface area contributed by atoms with Gasteiger partial charge in [-0.1, -0.05) is 19.8 Å². The van der Waals surface area contributed by atoms with E-state index in [0.717, 1.165) is 0 Å². The zero-order valence-electron chi connectivity index (χ0n) is 15.2. The van der Waals surface area contributed by atoms with Crippen LogP contribution in [0.3, 0.4) is 0 Å². The summed E-state index contributed by atoms with van der Waals surface area (Å²) in [6.07, 6.45) is 0.0110. The Morgan fingerprint density at radius 3 is 1.89 bits per heavy atom. The molecule has 0 aliphatic heterocycles. The summed E-state index contributed by atoms with van der Waals surface area (Å²) in [6.45, 7) is 6.49. The lowest BCUT2D eigenvalue weighted by molar-refractivity contribution is -0.137. The quantitative estimate of drug-likeness (QED) is 0.255. The maximum absolute atomic E-state index is 13.7. The predicted octanol–water partition coefficient (Wildman–Crippen LogP) is 4.37. The van der Waals surface area contributed by atoms with E-state index in [-0.39, 0.29) is 6.42 Å². The molecule has 0 spiro atoms. The number of esters is 1. The number of amides is 1. The second-order valence-corrected chi connectivity index (χ2v) is 6.66. The molecule has 1 amide bonds. The first-order chi connectivity index (χ1) is 12.4. The Morgan fingerprint density at radius 2 is 1.44 bits per heavy atom. The number of benzene rings is 1. The second kappa shape index (κ2) is 9.01. The van der Waals surface area contributed by atoms with Crippen molar-refractivity contribution < 1.29 is 41.0 Å². The number of hydrogen-bond donors (Lipinski definition) is 1. The number of unbranched alkanes of at least 4 members (excludes halogenated alkanes) is 1. The van der Waals surface area contributed by atoms with Crippen LogP contribution in [-0.2, 0) is 9.53 Å². The molecule has 0 heterocycles. The van der Waals surface area contributed by atoms with Crippen LogP contribution in [0.1, 0.15) is 47.0 Å². The minimum absolute atomic E-state index is 0.00394. The second-order valence-electron chi connectivity index (χ2n) is 6.66. The summed E-state index contributed by atoms with van der Waals surface area (Å²) in [5, 5.41) is 2.17. The van der Waals surface area contributed by atoms with Gasteiger partial charge in [0.25, 0.3) is 0 Å². The van der Waals surface area contributed by atoms with Gasteiger partial charge in [0.1, 0.15) is 11.6 Å². The number of carbonyl (C=O) groups excluding carboxylic acids is 2. The Labute approximate surface area is 152 Å². The third-order valence-corrected chi connectivity index (χ3v) is 3.19. The summed E-state index contributed by atoms with van der Waals surface area (Å²) in [4.78, 5) is 24.0. The Bertz CT molecular complexity index is 689. The molecule has 0 saturated carbocycles. The van der Waals surface area contributed by atoms with Crippen molar-refractivity contribution in [3.05, 3.63) is 29.1 Å². The van der Waals surface area contributed by atoms with Gasteiger partial charge in [-0.05, 0) is 27.2 Å². The maximum atomic E-state index is 13.7. The Morgan fingerprint density at radius 1 is 0.963 bits per heavy atom. The lowest BCUT2D eigenvalue weighted by Gasteiger charge is -2.23. The van der Waals surface area contributed by atoms with Gasteiger partial charge in [0.05, 0.1) is 0 Å². The molecule has 0 fully saturated rings. The highest BCUT2D eigenvalue weighted by Crippen LogP contribution is 2.29. The first-order valence-corrected chi connectivity index (χ1v) is 8.11. The SMILES string of the molecule is CCCC[C@H](NC(=O)OC(C)(C)C)C(=O)Oc1c(F)c(F)c(F)c(F)c1F. The third-order valence-electron chi connectivity index (χ3n) is 3.19. The summed E-state index contributed by atoms with van der Waals surface area (Å²) in [6, 6.07) is -1.41. The largest absolute Gasteiger partial charge is 0.444 e. The molecule has 5 nitrogen and oxygen atoms in total. The third kappa shape index (κ3) is 6.07. The summed E-state index contributed by atoms with van der Waals surface area (Å²) in [5.74, 6) is -14.6. The van der Waals surface area contributed by atoms with Gasteiger partial charge < -0.3 is 14.8 Å². The van der Waals surface area contributed by atoms with Crippen molar-refractivity contribution in [2.45, 2.75) is 58.6 Å². The zero-order valence-corrected chi connectivity index (χ0v) is 15.2. The molecule has 1 atom stereocenters. The van der Waals surface area contributed by atoms with Crippen molar-refractivity contribution in [3.8, 4) is 5.75 Å². The van der Waals surface area contributed by atoms with Gasteiger partial charge in [0.2, 0.25) is 34.8 Å². The van der Waals surface area contributed by atoms with Gasteiger partial charge in [-0.3, -0.25) is 0 Å². The molecule has 1 rings (SSSR count). The van der Waals surface area contributed by atoms with Crippen LogP contribution < -0.4 is 10.1 Å². The van der Waals surface area contributed by atoms with Crippen LogP contribution >= 0.6 is 0 Å². The summed E-state index contributed by atoms with van der Waals surface area (Å²) >= 11 is 0. The van der Waals surface area contributed by atoms with Crippen LogP contribution in [0.2, 0.25) is 0 Å². The molecule has 27 heavy (non-hydrogen) atoms. The van der Waals surface area contributed by atoms with Crippen molar-refractivity contribution >= 4 is 12.1 Å². The minimum Gasteiger partial charge on any atom is -0.444 e. The number of nitrogens with one attached hydrogen (secondary N) is 1. The molecule has 152 valence electrons. The fourth-order valence-corrected chi connectivity index (χ4v) is 1.95. The molecule has 1 aromatic rings. The Kier molecular flexibility index (Phi) is 7.55. The van der Waals surface area contributed by atoms with E-state index in [1.165, 1.54) is 0 Å². The molecular formula is C17H20F5NO4. The monoisotopic (exact) mass is 397 g/mol. The molecule has 1 aromatic carbocycles. The van der Waals surface area contributed by atoms with E-state index in [1.807, 2.05) is 0 Å². The van der Waals surface area contributed by atoms with E-state index in [1.54, 1.807) is 27.7 Å². The fraction of sp³-hybridized carbons (Fsp3) is 0.529. The summed E-state index contributed by atoms with van der Waals surface area (Å²) < 4.78 is 76.1.